The van der Waals surface area contributed by atoms with Crippen molar-refractivity contribution < 1.29 is 14.3 Å². The first-order valence-electron chi connectivity index (χ1n) is 11.3. The molecule has 0 radical (unpaired) electrons. The molecule has 0 bridgehead atoms. The van der Waals surface area contributed by atoms with Gasteiger partial charge in [-0.3, -0.25) is 4.90 Å². The third-order valence-corrected chi connectivity index (χ3v) is 5.68. The fourth-order valence-electron chi connectivity index (χ4n) is 3.81. The number of hydrogen-bond donors (Lipinski definition) is 1. The quantitative estimate of drug-likeness (QED) is 0.574. The number of nitrogens with one attached hydrogen (secondary N) is 1. The number of rotatable bonds is 10. The van der Waals surface area contributed by atoms with Crippen LogP contribution in [0.5, 0.6) is 11.5 Å². The Kier molecular flexibility index (Phi) is 9.04. The van der Waals surface area contributed by atoms with Gasteiger partial charge in [-0.25, -0.2) is 4.79 Å². The highest BCUT2D eigenvalue weighted by Crippen LogP contribution is 2.28. The Balaban J connectivity index is 1.32. The number of ether oxygens (including phenoxy) is 2. The smallest absolute Gasteiger partial charge is 0.317 e. The lowest BCUT2D eigenvalue weighted by molar-refractivity contribution is 0.217. The molecule has 1 fully saturated rings. The van der Waals surface area contributed by atoms with E-state index in [0.29, 0.717) is 13.2 Å². The van der Waals surface area contributed by atoms with E-state index in [9.17, 15) is 4.79 Å². The molecule has 1 aliphatic rings. The van der Waals surface area contributed by atoms with Gasteiger partial charge in [0.2, 0.25) is 0 Å². The van der Waals surface area contributed by atoms with E-state index in [1.807, 2.05) is 36.4 Å². The lowest BCUT2D eigenvalue weighted by Crippen LogP contribution is -2.46. The van der Waals surface area contributed by atoms with E-state index < -0.39 is 0 Å². The van der Waals surface area contributed by atoms with Crippen LogP contribution in [0.25, 0.3) is 0 Å². The fraction of sp³-hybridized carbons (Fsp3) is 0.480. The van der Waals surface area contributed by atoms with Crippen molar-refractivity contribution in [2.24, 2.45) is 0 Å². The molecule has 7 heteroatoms. The number of piperazine rings is 1. The molecule has 2 aromatic rings. The molecular formula is C25H36N4O3. The zero-order valence-electron chi connectivity index (χ0n) is 19.5. The Morgan fingerprint density at radius 1 is 1.03 bits per heavy atom. The fourth-order valence-corrected chi connectivity index (χ4v) is 3.81. The van der Waals surface area contributed by atoms with Crippen molar-refractivity contribution >= 4 is 11.7 Å². The van der Waals surface area contributed by atoms with E-state index in [4.69, 9.17) is 9.47 Å². The Bertz CT molecular complexity index is 851. The normalized spacial score (nSPS) is 14.2. The van der Waals surface area contributed by atoms with Crippen molar-refractivity contribution in [2.75, 3.05) is 65.4 Å². The number of hydrogen-bond acceptors (Lipinski definition) is 5. The number of carbonyl (C=O) groups is 1. The molecule has 1 N–H and O–H groups in total. The number of anilines is 1. The Morgan fingerprint density at radius 3 is 2.56 bits per heavy atom. The molecule has 1 aliphatic heterocycles. The highest BCUT2D eigenvalue weighted by molar-refractivity contribution is 5.73. The molecule has 32 heavy (non-hydrogen) atoms. The predicted octanol–water partition coefficient (Wildman–Crippen LogP) is 3.45. The standard InChI is InChI=1S/C25H36N4O3/c1-27(2)25(30)26-20-21-9-8-10-22(19-21)32-18-7-6-13-28-14-16-29(17-15-28)23-11-4-5-12-24(23)31-3/h4-5,8-12,19H,6-7,13-18,20H2,1-3H3,(H,26,30). The number of benzene rings is 2. The van der Waals surface area contributed by atoms with Crippen LogP contribution in [0.2, 0.25) is 0 Å². The van der Waals surface area contributed by atoms with Gasteiger partial charge in [0.15, 0.2) is 0 Å². The highest BCUT2D eigenvalue weighted by atomic mass is 16.5. The average molecular weight is 441 g/mol. The van der Waals surface area contributed by atoms with Gasteiger partial charge in [0.25, 0.3) is 0 Å². The molecule has 7 nitrogen and oxygen atoms in total. The third kappa shape index (κ3) is 7.05. The van der Waals surface area contributed by atoms with Gasteiger partial charge in [-0.2, -0.15) is 0 Å². The van der Waals surface area contributed by atoms with Crippen LogP contribution in [0, 0.1) is 0 Å². The summed E-state index contributed by atoms with van der Waals surface area (Å²) in [5.74, 6) is 1.80. The maximum absolute atomic E-state index is 11.7. The summed E-state index contributed by atoms with van der Waals surface area (Å²) in [5.41, 5.74) is 2.22. The molecule has 0 aromatic heterocycles. The van der Waals surface area contributed by atoms with E-state index >= 15 is 0 Å². The molecule has 0 saturated carbocycles. The first-order chi connectivity index (χ1) is 15.6. The van der Waals surface area contributed by atoms with Gasteiger partial charge in [-0.1, -0.05) is 24.3 Å². The van der Waals surface area contributed by atoms with E-state index in [1.54, 1.807) is 21.2 Å². The summed E-state index contributed by atoms with van der Waals surface area (Å²) >= 11 is 0. The Hall–Kier alpha value is -2.93. The molecule has 2 amide bonds. The molecule has 0 aliphatic carbocycles. The van der Waals surface area contributed by atoms with Gasteiger partial charge >= 0.3 is 6.03 Å². The molecule has 1 heterocycles. The van der Waals surface area contributed by atoms with Crippen LogP contribution in [-0.2, 0) is 6.54 Å². The van der Waals surface area contributed by atoms with Gasteiger partial charge in [0, 0.05) is 46.8 Å². The van der Waals surface area contributed by atoms with Crippen molar-refractivity contribution in [3.8, 4) is 11.5 Å². The van der Waals surface area contributed by atoms with Gasteiger partial charge in [0.1, 0.15) is 11.5 Å². The summed E-state index contributed by atoms with van der Waals surface area (Å²) < 4.78 is 11.4. The molecule has 0 atom stereocenters. The first-order valence-corrected chi connectivity index (χ1v) is 11.3. The maximum atomic E-state index is 11.7. The van der Waals surface area contributed by atoms with E-state index in [2.05, 4.69) is 27.2 Å². The number of carbonyl (C=O) groups excluding carboxylic acids is 1. The summed E-state index contributed by atoms with van der Waals surface area (Å²) in [4.78, 5) is 18.1. The Labute approximate surface area is 191 Å². The summed E-state index contributed by atoms with van der Waals surface area (Å²) in [7, 11) is 5.20. The number of amides is 2. The van der Waals surface area contributed by atoms with Crippen molar-refractivity contribution in [1.82, 2.24) is 15.1 Å². The van der Waals surface area contributed by atoms with Crippen LogP contribution in [0.1, 0.15) is 18.4 Å². The van der Waals surface area contributed by atoms with Crippen LogP contribution >= 0.6 is 0 Å². The zero-order chi connectivity index (χ0) is 22.8. The minimum Gasteiger partial charge on any atom is -0.495 e. The van der Waals surface area contributed by atoms with Crippen LogP contribution in [0.15, 0.2) is 48.5 Å². The molecule has 174 valence electrons. The predicted molar refractivity (Wildman–Crippen MR) is 129 cm³/mol. The van der Waals surface area contributed by atoms with E-state index in [1.165, 1.54) is 10.6 Å². The summed E-state index contributed by atoms with van der Waals surface area (Å²) in [6.45, 7) is 6.48. The van der Waals surface area contributed by atoms with Crippen LogP contribution in [0.3, 0.4) is 0 Å². The topological polar surface area (TPSA) is 57.3 Å². The van der Waals surface area contributed by atoms with Crippen LogP contribution in [-0.4, -0.2) is 76.4 Å². The molecule has 1 saturated heterocycles. The molecular weight excluding hydrogens is 404 g/mol. The van der Waals surface area contributed by atoms with Crippen molar-refractivity contribution in [1.29, 1.82) is 0 Å². The molecule has 0 spiro atoms. The molecule has 2 aromatic carbocycles. The van der Waals surface area contributed by atoms with Gasteiger partial charge < -0.3 is 24.6 Å². The third-order valence-electron chi connectivity index (χ3n) is 5.68. The van der Waals surface area contributed by atoms with Gasteiger partial charge in [-0.05, 0) is 49.2 Å². The van der Waals surface area contributed by atoms with E-state index in [0.717, 1.165) is 62.6 Å². The largest absolute Gasteiger partial charge is 0.495 e. The van der Waals surface area contributed by atoms with Crippen LogP contribution in [0.4, 0.5) is 10.5 Å². The zero-order valence-corrected chi connectivity index (χ0v) is 19.5. The lowest BCUT2D eigenvalue weighted by atomic mass is 10.2. The van der Waals surface area contributed by atoms with E-state index in [-0.39, 0.29) is 6.03 Å². The number of nitrogens with zero attached hydrogens (tertiary/aromatic N) is 3. The number of urea groups is 1. The SMILES string of the molecule is COc1ccccc1N1CCN(CCCCOc2cccc(CNC(=O)N(C)C)c2)CC1. The first kappa shape index (κ1) is 23.7. The second-order valence-corrected chi connectivity index (χ2v) is 8.26. The highest BCUT2D eigenvalue weighted by Gasteiger charge is 2.19. The number of methoxy groups -OCH3 is 1. The number of unbranched alkanes of at least 4 members (excludes halogenated alkanes) is 1. The van der Waals surface area contributed by atoms with Gasteiger partial charge in [-0.15, -0.1) is 0 Å². The second kappa shape index (κ2) is 12.2. The van der Waals surface area contributed by atoms with Crippen molar-refractivity contribution in [3.63, 3.8) is 0 Å². The van der Waals surface area contributed by atoms with Crippen molar-refractivity contribution in [3.05, 3.63) is 54.1 Å². The Morgan fingerprint density at radius 2 is 1.81 bits per heavy atom. The molecule has 3 rings (SSSR count). The maximum Gasteiger partial charge on any atom is 0.317 e. The van der Waals surface area contributed by atoms with Crippen molar-refractivity contribution in [2.45, 2.75) is 19.4 Å². The summed E-state index contributed by atoms with van der Waals surface area (Å²) in [5, 5.41) is 2.87. The summed E-state index contributed by atoms with van der Waals surface area (Å²) in [6, 6.07) is 16.1. The van der Waals surface area contributed by atoms with Crippen LogP contribution < -0.4 is 19.7 Å². The summed E-state index contributed by atoms with van der Waals surface area (Å²) in [6.07, 6.45) is 2.14. The van der Waals surface area contributed by atoms with Gasteiger partial charge in [0.05, 0.1) is 19.4 Å². The minimum absolute atomic E-state index is 0.0972. The number of para-hydroxylation sites is 2. The average Bonchev–Trinajstić information content (AvgIpc) is 2.83. The lowest BCUT2D eigenvalue weighted by Gasteiger charge is -2.36. The minimum atomic E-state index is -0.0972. The monoisotopic (exact) mass is 440 g/mol. The second-order valence-electron chi connectivity index (χ2n) is 8.26. The molecule has 0 unspecified atom stereocenters.